The van der Waals surface area contributed by atoms with Crippen molar-refractivity contribution in [2.45, 2.75) is 27.7 Å². The van der Waals surface area contributed by atoms with E-state index < -0.39 is 0 Å². The smallest absolute Gasteiger partial charge is 0.248 e. The number of aromatic amines is 2. The second-order valence-corrected chi connectivity index (χ2v) is 4.83. The summed E-state index contributed by atoms with van der Waals surface area (Å²) in [4.78, 5) is 0. The lowest BCUT2D eigenvalue weighted by molar-refractivity contribution is -0.676. The van der Waals surface area contributed by atoms with Gasteiger partial charge in [0.2, 0.25) is 0 Å². The number of aryl methyl sites for hydroxylation is 4. The van der Waals surface area contributed by atoms with E-state index in [4.69, 9.17) is 0 Å². The Kier molecular flexibility index (Phi) is 2.78. The summed E-state index contributed by atoms with van der Waals surface area (Å²) in [6.07, 6.45) is 0. The summed E-state index contributed by atoms with van der Waals surface area (Å²) in [6.45, 7) is 7.88. The summed E-state index contributed by atoms with van der Waals surface area (Å²) < 4.78 is 3.49. The molecule has 0 saturated heterocycles. The summed E-state index contributed by atoms with van der Waals surface area (Å²) >= 11 is 0. The van der Waals surface area contributed by atoms with Gasteiger partial charge in [-0.2, -0.15) is 0 Å². The lowest BCUT2D eigenvalue weighted by Crippen LogP contribution is -2.42. The minimum Gasteiger partial charge on any atom is -0.248 e. The average molecular weight is 272 g/mol. The number of nitrogens with zero attached hydrogens (tertiary/aromatic N) is 6. The van der Waals surface area contributed by atoms with Gasteiger partial charge in [0.05, 0.1) is 0 Å². The normalized spacial score (nSPS) is 11.0. The molecule has 0 aliphatic heterocycles. The van der Waals surface area contributed by atoms with E-state index in [0.29, 0.717) is 11.9 Å². The quantitative estimate of drug-likeness (QED) is 0.627. The van der Waals surface area contributed by atoms with Gasteiger partial charge in [-0.25, -0.2) is 10.2 Å². The molecule has 8 nitrogen and oxygen atoms in total. The zero-order valence-electron chi connectivity index (χ0n) is 11.8. The minimum atomic E-state index is 0.417. The monoisotopic (exact) mass is 272 g/mol. The van der Waals surface area contributed by atoms with Gasteiger partial charge in [0.25, 0.3) is 0 Å². The molecule has 3 heterocycles. The molecule has 0 aromatic carbocycles. The number of H-pyrrole nitrogens is 2. The number of rotatable bonds is 2. The molecule has 0 bridgehead atoms. The van der Waals surface area contributed by atoms with Crippen molar-refractivity contribution in [3.8, 4) is 11.9 Å². The van der Waals surface area contributed by atoms with Crippen molar-refractivity contribution in [2.24, 2.45) is 0 Å². The van der Waals surface area contributed by atoms with E-state index in [0.717, 1.165) is 22.8 Å². The highest BCUT2D eigenvalue weighted by Gasteiger charge is 2.26. The molecule has 0 saturated carbocycles. The van der Waals surface area contributed by atoms with Crippen LogP contribution in [0, 0.1) is 27.7 Å². The Hall–Kier alpha value is -2.64. The van der Waals surface area contributed by atoms with E-state index in [-0.39, 0.29) is 0 Å². The van der Waals surface area contributed by atoms with Crippen LogP contribution >= 0.6 is 0 Å². The van der Waals surface area contributed by atoms with Crippen LogP contribution in [0.2, 0.25) is 0 Å². The third kappa shape index (κ3) is 2.04. The van der Waals surface area contributed by atoms with Gasteiger partial charge in [-0.1, -0.05) is 0 Å². The largest absolute Gasteiger partial charge is 0.529 e. The van der Waals surface area contributed by atoms with Crippen LogP contribution < -0.4 is 9.36 Å². The molecule has 20 heavy (non-hydrogen) atoms. The van der Waals surface area contributed by atoms with Crippen molar-refractivity contribution in [1.82, 2.24) is 30.6 Å². The fraction of sp³-hybridized carbons (Fsp3) is 0.333. The molecule has 2 N–H and O–H groups in total. The standard InChI is InChI=1S/C12H14N8/c1-7-5-9(3)19(17-7)11-13-15-12(16-14-11)20-10(4)6-8(2)18-20/h5-6H,1-4H3/p+2. The third-order valence-corrected chi connectivity index (χ3v) is 2.99. The van der Waals surface area contributed by atoms with Crippen LogP contribution in [-0.2, 0) is 0 Å². The zero-order chi connectivity index (χ0) is 14.3. The molecule has 3 aromatic heterocycles. The Morgan fingerprint density at radius 2 is 1.05 bits per heavy atom. The van der Waals surface area contributed by atoms with Gasteiger partial charge in [0, 0.05) is 11.4 Å². The fourth-order valence-electron chi connectivity index (χ4n) is 2.16. The SMILES string of the molecule is Cc1cc(C)[n+](-c2nnc(-[n+]3[nH]c(C)cc3C)nn2)[nH]1. The molecule has 0 amide bonds. The lowest BCUT2D eigenvalue weighted by atomic mass is 10.4. The van der Waals surface area contributed by atoms with Crippen molar-refractivity contribution in [3.63, 3.8) is 0 Å². The second-order valence-electron chi connectivity index (χ2n) is 4.83. The van der Waals surface area contributed by atoms with Crippen molar-refractivity contribution >= 4 is 0 Å². The van der Waals surface area contributed by atoms with Gasteiger partial charge in [-0.05, 0) is 39.8 Å². The van der Waals surface area contributed by atoms with E-state index >= 15 is 0 Å². The van der Waals surface area contributed by atoms with Crippen molar-refractivity contribution < 1.29 is 9.36 Å². The molecule has 3 aromatic rings. The van der Waals surface area contributed by atoms with Gasteiger partial charge in [0.15, 0.2) is 0 Å². The maximum absolute atomic E-state index is 4.12. The van der Waals surface area contributed by atoms with Gasteiger partial charge < -0.3 is 0 Å². The minimum absolute atomic E-state index is 0.417. The first-order valence-corrected chi connectivity index (χ1v) is 6.29. The molecule has 0 aliphatic rings. The average Bonchev–Trinajstić information content (AvgIpc) is 2.92. The van der Waals surface area contributed by atoms with Gasteiger partial charge >= 0.3 is 11.9 Å². The Morgan fingerprint density at radius 3 is 1.30 bits per heavy atom. The molecule has 0 atom stereocenters. The number of nitrogens with one attached hydrogen (secondary N) is 2. The summed E-state index contributed by atoms with van der Waals surface area (Å²) in [5.74, 6) is 0.835. The summed E-state index contributed by atoms with van der Waals surface area (Å²) in [7, 11) is 0. The number of hydrogen-bond donors (Lipinski definition) is 2. The van der Waals surface area contributed by atoms with Crippen LogP contribution in [-0.4, -0.2) is 30.6 Å². The van der Waals surface area contributed by atoms with E-state index in [1.165, 1.54) is 0 Å². The highest BCUT2D eigenvalue weighted by atomic mass is 15.5. The fourth-order valence-corrected chi connectivity index (χ4v) is 2.16. The molecule has 0 aliphatic carbocycles. The highest BCUT2D eigenvalue weighted by molar-refractivity contribution is 5.04. The molecule has 0 radical (unpaired) electrons. The van der Waals surface area contributed by atoms with E-state index in [9.17, 15) is 0 Å². The maximum atomic E-state index is 4.12. The second kappa shape index (κ2) is 4.48. The van der Waals surface area contributed by atoms with E-state index in [1.807, 2.05) is 39.8 Å². The highest BCUT2D eigenvalue weighted by Crippen LogP contribution is 1.98. The first-order valence-electron chi connectivity index (χ1n) is 6.29. The van der Waals surface area contributed by atoms with Gasteiger partial charge in [-0.15, -0.1) is 9.36 Å². The van der Waals surface area contributed by atoms with Gasteiger partial charge in [-0.3, -0.25) is 0 Å². The van der Waals surface area contributed by atoms with Crippen LogP contribution in [0.5, 0.6) is 0 Å². The Balaban J connectivity index is 1.99. The third-order valence-electron chi connectivity index (χ3n) is 2.99. The number of aromatic nitrogens is 8. The summed E-state index contributed by atoms with van der Waals surface area (Å²) in [6, 6.07) is 4.01. The molecule has 0 fully saturated rings. The summed E-state index contributed by atoms with van der Waals surface area (Å²) in [5, 5.41) is 22.7. The Morgan fingerprint density at radius 1 is 0.700 bits per heavy atom. The molecular weight excluding hydrogens is 256 g/mol. The topological polar surface area (TPSA) is 90.9 Å². The molecular formula is C12H16N8+2. The predicted octanol–water partition coefficient (Wildman–Crippen LogP) is -0.290. The van der Waals surface area contributed by atoms with E-state index in [1.54, 1.807) is 9.36 Å². The van der Waals surface area contributed by atoms with Crippen molar-refractivity contribution in [3.05, 3.63) is 34.9 Å². The molecule has 8 heteroatoms. The van der Waals surface area contributed by atoms with Gasteiger partial charge in [0.1, 0.15) is 31.8 Å². The van der Waals surface area contributed by atoms with Crippen LogP contribution in [0.1, 0.15) is 22.8 Å². The predicted molar refractivity (Wildman–Crippen MR) is 68.3 cm³/mol. The van der Waals surface area contributed by atoms with Crippen LogP contribution in [0.25, 0.3) is 11.9 Å². The first-order chi connectivity index (χ1) is 9.54. The van der Waals surface area contributed by atoms with Crippen LogP contribution in [0.3, 0.4) is 0 Å². The van der Waals surface area contributed by atoms with E-state index in [2.05, 4.69) is 30.6 Å². The molecule has 3 rings (SSSR count). The molecule has 0 spiro atoms. The molecule has 102 valence electrons. The Labute approximate surface area is 115 Å². The zero-order valence-corrected chi connectivity index (χ0v) is 11.8. The molecule has 0 unspecified atom stereocenters. The van der Waals surface area contributed by atoms with Crippen molar-refractivity contribution in [1.29, 1.82) is 0 Å². The lowest BCUT2D eigenvalue weighted by Gasteiger charge is -1.90. The number of hydrogen-bond acceptors (Lipinski definition) is 4. The Bertz CT molecular complexity index is 687. The summed E-state index contributed by atoms with van der Waals surface area (Å²) in [5.41, 5.74) is 4.05. The van der Waals surface area contributed by atoms with Crippen LogP contribution in [0.4, 0.5) is 0 Å². The maximum Gasteiger partial charge on any atom is 0.529 e. The first kappa shape index (κ1) is 12.4. The van der Waals surface area contributed by atoms with Crippen molar-refractivity contribution in [2.75, 3.05) is 0 Å². The van der Waals surface area contributed by atoms with Crippen LogP contribution in [0.15, 0.2) is 12.1 Å².